The molecule has 0 unspecified atom stereocenters. The minimum absolute atomic E-state index is 0.0580. The molecule has 0 aromatic carbocycles. The zero-order valence-electron chi connectivity index (χ0n) is 10.8. The van der Waals surface area contributed by atoms with E-state index in [0.717, 1.165) is 58.7 Å². The summed E-state index contributed by atoms with van der Waals surface area (Å²) in [5.41, 5.74) is 0. The molecule has 0 atom stereocenters. The number of nitrogens with zero attached hydrogens (tertiary/aromatic N) is 2. The van der Waals surface area contributed by atoms with Gasteiger partial charge in [-0.1, -0.05) is 0 Å². The first-order chi connectivity index (χ1) is 8.22. The van der Waals surface area contributed by atoms with Gasteiger partial charge in [0, 0.05) is 46.2 Å². The molecule has 0 aromatic rings. The molecule has 5 heteroatoms. The van der Waals surface area contributed by atoms with Crippen molar-refractivity contribution in [1.82, 2.24) is 15.1 Å². The van der Waals surface area contributed by atoms with Crippen LogP contribution in [0.1, 0.15) is 19.8 Å². The SMILES string of the molecule is CC(=O)NCCCCN1CCN(CCO)CC1. The molecule has 0 bridgehead atoms. The lowest BCUT2D eigenvalue weighted by Crippen LogP contribution is -2.47. The van der Waals surface area contributed by atoms with E-state index in [1.165, 1.54) is 0 Å². The Morgan fingerprint density at radius 3 is 2.24 bits per heavy atom. The second-order valence-electron chi connectivity index (χ2n) is 4.60. The van der Waals surface area contributed by atoms with Crippen LogP contribution in [0.3, 0.4) is 0 Å². The lowest BCUT2D eigenvalue weighted by molar-refractivity contribution is -0.118. The number of carbonyl (C=O) groups is 1. The second-order valence-corrected chi connectivity index (χ2v) is 4.60. The standard InChI is InChI=1S/C12H25N3O2/c1-12(17)13-4-2-3-5-14-6-8-15(9-7-14)10-11-16/h16H,2-11H2,1H3,(H,13,17). The molecule has 5 nitrogen and oxygen atoms in total. The van der Waals surface area contributed by atoms with Crippen LogP contribution in [0.5, 0.6) is 0 Å². The summed E-state index contributed by atoms with van der Waals surface area (Å²) in [6.45, 7) is 8.85. The summed E-state index contributed by atoms with van der Waals surface area (Å²) >= 11 is 0. The van der Waals surface area contributed by atoms with Crippen LogP contribution in [0.4, 0.5) is 0 Å². The van der Waals surface area contributed by atoms with E-state index in [0.29, 0.717) is 0 Å². The third-order valence-electron chi connectivity index (χ3n) is 3.16. The van der Waals surface area contributed by atoms with Crippen molar-refractivity contribution in [3.05, 3.63) is 0 Å². The first-order valence-electron chi connectivity index (χ1n) is 6.52. The van der Waals surface area contributed by atoms with Gasteiger partial charge in [0.1, 0.15) is 0 Å². The van der Waals surface area contributed by atoms with Crippen LogP contribution in [-0.2, 0) is 4.79 Å². The second kappa shape index (κ2) is 8.44. The molecule has 0 saturated carbocycles. The summed E-state index contributed by atoms with van der Waals surface area (Å²) in [5.74, 6) is 0.0580. The van der Waals surface area contributed by atoms with Crippen molar-refractivity contribution in [2.24, 2.45) is 0 Å². The third kappa shape index (κ3) is 6.61. The Labute approximate surface area is 104 Å². The van der Waals surface area contributed by atoms with Gasteiger partial charge in [0.15, 0.2) is 0 Å². The summed E-state index contributed by atoms with van der Waals surface area (Å²) in [7, 11) is 0. The molecule has 17 heavy (non-hydrogen) atoms. The quantitative estimate of drug-likeness (QED) is 0.593. The van der Waals surface area contributed by atoms with E-state index in [-0.39, 0.29) is 12.5 Å². The highest BCUT2D eigenvalue weighted by Gasteiger charge is 2.15. The number of hydrogen-bond donors (Lipinski definition) is 2. The van der Waals surface area contributed by atoms with E-state index < -0.39 is 0 Å². The van der Waals surface area contributed by atoms with Crippen LogP contribution < -0.4 is 5.32 Å². The molecule has 0 aromatic heterocycles. The molecule has 0 aliphatic carbocycles. The van der Waals surface area contributed by atoms with Gasteiger partial charge in [0.25, 0.3) is 0 Å². The summed E-state index contributed by atoms with van der Waals surface area (Å²) < 4.78 is 0. The molecule has 0 radical (unpaired) electrons. The van der Waals surface area contributed by atoms with Crippen LogP contribution in [0.15, 0.2) is 0 Å². The molecule has 1 rings (SSSR count). The van der Waals surface area contributed by atoms with Crippen molar-refractivity contribution in [3.8, 4) is 0 Å². The number of rotatable bonds is 7. The van der Waals surface area contributed by atoms with Crippen molar-refractivity contribution in [2.75, 3.05) is 52.4 Å². The normalized spacial score (nSPS) is 18.2. The smallest absolute Gasteiger partial charge is 0.216 e. The first-order valence-corrected chi connectivity index (χ1v) is 6.52. The van der Waals surface area contributed by atoms with Gasteiger partial charge in [-0.3, -0.25) is 9.69 Å². The highest BCUT2D eigenvalue weighted by Crippen LogP contribution is 2.02. The van der Waals surface area contributed by atoms with Crippen LogP contribution >= 0.6 is 0 Å². The van der Waals surface area contributed by atoms with Crippen molar-refractivity contribution >= 4 is 5.91 Å². The van der Waals surface area contributed by atoms with E-state index in [1.807, 2.05) is 0 Å². The number of amides is 1. The zero-order valence-corrected chi connectivity index (χ0v) is 10.8. The summed E-state index contributed by atoms with van der Waals surface area (Å²) in [6.07, 6.45) is 2.19. The fraction of sp³-hybridized carbons (Fsp3) is 0.917. The Kier molecular flexibility index (Phi) is 7.16. The number of nitrogens with one attached hydrogen (secondary N) is 1. The lowest BCUT2D eigenvalue weighted by atomic mass is 10.2. The molecule has 1 heterocycles. The molecule has 1 aliphatic heterocycles. The molecule has 2 N–H and O–H groups in total. The largest absolute Gasteiger partial charge is 0.395 e. The highest BCUT2D eigenvalue weighted by atomic mass is 16.3. The Morgan fingerprint density at radius 2 is 1.71 bits per heavy atom. The van der Waals surface area contributed by atoms with Gasteiger partial charge in [-0.15, -0.1) is 0 Å². The Bertz CT molecular complexity index is 216. The van der Waals surface area contributed by atoms with Crippen molar-refractivity contribution < 1.29 is 9.90 Å². The number of piperazine rings is 1. The number of aliphatic hydroxyl groups excluding tert-OH is 1. The monoisotopic (exact) mass is 243 g/mol. The lowest BCUT2D eigenvalue weighted by Gasteiger charge is -2.34. The van der Waals surface area contributed by atoms with Crippen LogP contribution in [0.2, 0.25) is 0 Å². The molecule has 1 aliphatic rings. The van der Waals surface area contributed by atoms with Crippen LogP contribution in [0.25, 0.3) is 0 Å². The summed E-state index contributed by atoms with van der Waals surface area (Å²) in [6, 6.07) is 0. The number of β-amino-alcohol motifs (C(OH)–C–C–N with tert-alkyl or cyclic N) is 1. The van der Waals surface area contributed by atoms with Gasteiger partial charge in [-0.05, 0) is 19.4 Å². The zero-order chi connectivity index (χ0) is 12.5. The van der Waals surface area contributed by atoms with E-state index in [2.05, 4.69) is 15.1 Å². The number of carbonyl (C=O) groups excluding carboxylic acids is 1. The molecule has 1 amide bonds. The maximum atomic E-state index is 10.7. The van der Waals surface area contributed by atoms with Gasteiger partial charge < -0.3 is 15.3 Å². The third-order valence-corrected chi connectivity index (χ3v) is 3.16. The van der Waals surface area contributed by atoms with E-state index in [9.17, 15) is 4.79 Å². The van der Waals surface area contributed by atoms with Crippen molar-refractivity contribution in [1.29, 1.82) is 0 Å². The van der Waals surface area contributed by atoms with Crippen LogP contribution in [0, 0.1) is 0 Å². The van der Waals surface area contributed by atoms with Gasteiger partial charge in [0.2, 0.25) is 5.91 Å². The van der Waals surface area contributed by atoms with E-state index in [4.69, 9.17) is 5.11 Å². The molecular weight excluding hydrogens is 218 g/mol. The highest BCUT2D eigenvalue weighted by molar-refractivity contribution is 5.72. The van der Waals surface area contributed by atoms with Gasteiger partial charge in [-0.25, -0.2) is 0 Å². The fourth-order valence-electron chi connectivity index (χ4n) is 2.10. The molecule has 1 fully saturated rings. The van der Waals surface area contributed by atoms with Crippen molar-refractivity contribution in [3.63, 3.8) is 0 Å². The summed E-state index contributed by atoms with van der Waals surface area (Å²) in [5, 5.41) is 11.7. The van der Waals surface area contributed by atoms with E-state index in [1.54, 1.807) is 6.92 Å². The molecule has 1 saturated heterocycles. The molecular formula is C12H25N3O2. The van der Waals surface area contributed by atoms with Crippen molar-refractivity contribution in [2.45, 2.75) is 19.8 Å². The minimum atomic E-state index is 0.0580. The minimum Gasteiger partial charge on any atom is -0.395 e. The van der Waals surface area contributed by atoms with Gasteiger partial charge in [-0.2, -0.15) is 0 Å². The number of hydrogen-bond acceptors (Lipinski definition) is 4. The van der Waals surface area contributed by atoms with E-state index >= 15 is 0 Å². The first kappa shape index (κ1) is 14.4. The number of aliphatic hydroxyl groups is 1. The Hall–Kier alpha value is -0.650. The van der Waals surface area contributed by atoms with Gasteiger partial charge >= 0.3 is 0 Å². The average Bonchev–Trinajstić information content (AvgIpc) is 2.31. The van der Waals surface area contributed by atoms with Gasteiger partial charge in [0.05, 0.1) is 6.61 Å². The predicted octanol–water partition coefficient (Wildman–Crippen LogP) is -0.487. The Balaban J connectivity index is 1.97. The maximum Gasteiger partial charge on any atom is 0.216 e. The summed E-state index contributed by atoms with van der Waals surface area (Å²) in [4.78, 5) is 15.4. The predicted molar refractivity (Wildman–Crippen MR) is 67.9 cm³/mol. The number of unbranched alkanes of at least 4 members (excludes halogenated alkanes) is 1. The molecule has 0 spiro atoms. The maximum absolute atomic E-state index is 10.7. The Morgan fingerprint density at radius 1 is 1.12 bits per heavy atom. The average molecular weight is 243 g/mol. The molecule has 100 valence electrons. The van der Waals surface area contributed by atoms with Crippen LogP contribution in [-0.4, -0.2) is 73.2 Å². The topological polar surface area (TPSA) is 55.8 Å². The fourth-order valence-corrected chi connectivity index (χ4v) is 2.10.